The topological polar surface area (TPSA) is 69.6 Å². The van der Waals surface area contributed by atoms with Crippen LogP contribution in [0.15, 0.2) is 59.5 Å². The van der Waals surface area contributed by atoms with Gasteiger partial charge in [-0.05, 0) is 36.2 Å². The summed E-state index contributed by atoms with van der Waals surface area (Å²) in [4.78, 5) is 2.52. The zero-order valence-electron chi connectivity index (χ0n) is 14.7. The molecule has 0 aliphatic rings. The van der Waals surface area contributed by atoms with E-state index < -0.39 is 10.0 Å². The summed E-state index contributed by atoms with van der Waals surface area (Å²) in [5, 5.41) is 9.37. The Kier molecular flexibility index (Phi) is 7.13. The van der Waals surface area contributed by atoms with Crippen LogP contribution in [0.3, 0.4) is 0 Å². The molecule has 5 nitrogen and oxygen atoms in total. The zero-order valence-corrected chi connectivity index (χ0v) is 15.5. The van der Waals surface area contributed by atoms with Crippen molar-refractivity contribution in [2.24, 2.45) is 5.92 Å². The Morgan fingerprint density at radius 2 is 1.56 bits per heavy atom. The third-order valence-electron chi connectivity index (χ3n) is 4.04. The third kappa shape index (κ3) is 5.93. The van der Waals surface area contributed by atoms with Crippen LogP contribution in [0.5, 0.6) is 0 Å². The highest BCUT2D eigenvalue weighted by Crippen LogP contribution is 2.15. The molecule has 0 radical (unpaired) electrons. The van der Waals surface area contributed by atoms with Gasteiger partial charge < -0.3 is 5.11 Å². The van der Waals surface area contributed by atoms with Gasteiger partial charge in [0.25, 0.3) is 0 Å². The molecule has 25 heavy (non-hydrogen) atoms. The van der Waals surface area contributed by atoms with Gasteiger partial charge in [0.15, 0.2) is 0 Å². The predicted molar refractivity (Wildman–Crippen MR) is 99.5 cm³/mol. The molecule has 0 bridgehead atoms. The van der Waals surface area contributed by atoms with E-state index in [0.717, 1.165) is 18.7 Å². The first-order valence-corrected chi connectivity index (χ1v) is 9.82. The molecule has 0 saturated heterocycles. The van der Waals surface area contributed by atoms with E-state index in [1.165, 1.54) is 12.6 Å². The molecule has 0 saturated carbocycles. The number of hydrogen-bond acceptors (Lipinski definition) is 4. The number of nitrogens with one attached hydrogen (secondary N) is 1. The fourth-order valence-corrected chi connectivity index (χ4v) is 3.41. The second kappa shape index (κ2) is 9.10. The minimum atomic E-state index is -3.41. The van der Waals surface area contributed by atoms with Gasteiger partial charge >= 0.3 is 0 Å². The van der Waals surface area contributed by atoms with Crippen molar-refractivity contribution in [1.29, 1.82) is 0 Å². The third-order valence-corrected chi connectivity index (χ3v) is 5.47. The van der Waals surface area contributed by atoms with Crippen molar-refractivity contribution in [3.05, 3.63) is 65.7 Å². The maximum atomic E-state index is 11.8. The van der Waals surface area contributed by atoms with Crippen LogP contribution in [0.2, 0.25) is 0 Å². The van der Waals surface area contributed by atoms with Crippen LogP contribution in [0.1, 0.15) is 18.1 Å². The average Bonchev–Trinajstić information content (AvgIpc) is 2.63. The molecule has 2 aromatic rings. The maximum absolute atomic E-state index is 11.8. The summed E-state index contributed by atoms with van der Waals surface area (Å²) in [6, 6.07) is 17.1. The monoisotopic (exact) mass is 362 g/mol. The van der Waals surface area contributed by atoms with Crippen molar-refractivity contribution in [1.82, 2.24) is 9.62 Å². The molecule has 0 aliphatic heterocycles. The van der Waals surface area contributed by atoms with Gasteiger partial charge in [-0.25, -0.2) is 13.1 Å². The number of nitrogens with zero attached hydrogens (tertiary/aromatic N) is 1. The van der Waals surface area contributed by atoms with Gasteiger partial charge in [0.05, 0.1) is 4.90 Å². The number of hydrogen-bond donors (Lipinski definition) is 2. The van der Waals surface area contributed by atoms with Gasteiger partial charge in [0.2, 0.25) is 10.0 Å². The van der Waals surface area contributed by atoms with E-state index in [1.54, 1.807) is 12.1 Å². The molecule has 1 atom stereocenters. The average molecular weight is 362 g/mol. The number of rotatable bonds is 9. The molecule has 0 amide bonds. The second-order valence-corrected chi connectivity index (χ2v) is 8.18. The molecule has 0 spiro atoms. The van der Waals surface area contributed by atoms with Gasteiger partial charge in [-0.3, -0.25) is 4.90 Å². The molecular formula is C19H26N2O3S. The summed E-state index contributed by atoms with van der Waals surface area (Å²) < 4.78 is 25.9. The lowest BCUT2D eigenvalue weighted by molar-refractivity contribution is 0.163. The first kappa shape index (κ1) is 19.6. The molecule has 6 heteroatoms. The number of aliphatic hydroxyl groups excluding tert-OH is 1. The van der Waals surface area contributed by atoms with E-state index in [9.17, 15) is 13.5 Å². The zero-order chi connectivity index (χ0) is 18.3. The number of sulfonamides is 1. The summed E-state index contributed by atoms with van der Waals surface area (Å²) in [6.07, 6.45) is 0. The molecule has 0 heterocycles. The minimum Gasteiger partial charge on any atom is -0.396 e. The van der Waals surface area contributed by atoms with E-state index >= 15 is 0 Å². The van der Waals surface area contributed by atoms with Crippen molar-refractivity contribution in [3.8, 4) is 0 Å². The number of benzene rings is 2. The molecule has 2 N–H and O–H groups in total. The lowest BCUT2D eigenvalue weighted by Crippen LogP contribution is -2.29. The van der Waals surface area contributed by atoms with E-state index in [4.69, 9.17) is 0 Å². The van der Waals surface area contributed by atoms with Crippen LogP contribution in [0.25, 0.3) is 0 Å². The second-order valence-electron chi connectivity index (χ2n) is 6.29. The molecule has 0 aliphatic carbocycles. The summed E-state index contributed by atoms with van der Waals surface area (Å²) >= 11 is 0. The SMILES string of the molecule is CNS(=O)(=O)c1ccc(CN(Cc2ccccc2)C[C@H](C)CO)cc1. The van der Waals surface area contributed by atoms with Crippen LogP contribution < -0.4 is 4.72 Å². The van der Waals surface area contributed by atoms with Gasteiger partial charge in [0, 0.05) is 26.2 Å². The Hall–Kier alpha value is -1.73. The van der Waals surface area contributed by atoms with Crippen molar-refractivity contribution in [2.75, 3.05) is 20.2 Å². The lowest BCUT2D eigenvalue weighted by atomic mass is 10.1. The van der Waals surface area contributed by atoms with Gasteiger partial charge in [-0.2, -0.15) is 0 Å². The van der Waals surface area contributed by atoms with E-state index in [0.29, 0.717) is 6.54 Å². The van der Waals surface area contributed by atoms with Crippen molar-refractivity contribution >= 4 is 10.0 Å². The Balaban J connectivity index is 2.12. The summed E-state index contributed by atoms with van der Waals surface area (Å²) in [5.74, 6) is 0.174. The van der Waals surface area contributed by atoms with Crippen molar-refractivity contribution in [3.63, 3.8) is 0 Å². The fraction of sp³-hybridized carbons (Fsp3) is 0.368. The van der Waals surface area contributed by atoms with Crippen molar-refractivity contribution < 1.29 is 13.5 Å². The summed E-state index contributed by atoms with van der Waals surface area (Å²) in [7, 11) is -2.01. The Morgan fingerprint density at radius 3 is 2.08 bits per heavy atom. The van der Waals surface area contributed by atoms with E-state index in [2.05, 4.69) is 21.8 Å². The normalized spacial score (nSPS) is 13.1. The van der Waals surface area contributed by atoms with Crippen LogP contribution in [-0.4, -0.2) is 38.6 Å². The highest BCUT2D eigenvalue weighted by molar-refractivity contribution is 7.89. The predicted octanol–water partition coefficient (Wildman–Crippen LogP) is 2.23. The Bertz CT molecular complexity index is 746. The molecule has 2 rings (SSSR count). The maximum Gasteiger partial charge on any atom is 0.240 e. The largest absolute Gasteiger partial charge is 0.396 e. The van der Waals surface area contributed by atoms with Crippen LogP contribution in [0.4, 0.5) is 0 Å². The van der Waals surface area contributed by atoms with Crippen molar-refractivity contribution in [2.45, 2.75) is 24.9 Å². The first-order chi connectivity index (χ1) is 11.9. The van der Waals surface area contributed by atoms with E-state index in [-0.39, 0.29) is 17.4 Å². The molecule has 0 unspecified atom stereocenters. The van der Waals surface area contributed by atoms with Gasteiger partial charge in [0.1, 0.15) is 0 Å². The highest BCUT2D eigenvalue weighted by Gasteiger charge is 2.13. The molecule has 0 aromatic heterocycles. The highest BCUT2D eigenvalue weighted by atomic mass is 32.2. The summed E-state index contributed by atoms with van der Waals surface area (Å²) in [5.41, 5.74) is 2.25. The van der Waals surface area contributed by atoms with Crippen LogP contribution in [0, 0.1) is 5.92 Å². The lowest BCUT2D eigenvalue weighted by Gasteiger charge is -2.25. The Labute approximate surface area is 150 Å². The number of aliphatic hydroxyl groups is 1. The van der Waals surface area contributed by atoms with Crippen LogP contribution >= 0.6 is 0 Å². The van der Waals surface area contributed by atoms with Gasteiger partial charge in [-0.1, -0.05) is 49.4 Å². The van der Waals surface area contributed by atoms with E-state index in [1.807, 2.05) is 37.3 Å². The smallest absolute Gasteiger partial charge is 0.240 e. The quantitative estimate of drug-likeness (QED) is 0.718. The minimum absolute atomic E-state index is 0.143. The Morgan fingerprint density at radius 1 is 1.00 bits per heavy atom. The fourth-order valence-electron chi connectivity index (χ4n) is 2.68. The standard InChI is InChI=1S/C19H26N2O3S/c1-16(15-22)12-21(13-17-6-4-3-5-7-17)14-18-8-10-19(11-9-18)25(23,24)20-2/h3-11,16,20,22H,12-15H2,1-2H3/t16-/m0/s1. The molecule has 2 aromatic carbocycles. The van der Waals surface area contributed by atoms with Gasteiger partial charge in [-0.15, -0.1) is 0 Å². The first-order valence-electron chi connectivity index (χ1n) is 8.34. The molecule has 136 valence electrons. The van der Waals surface area contributed by atoms with Crippen LogP contribution in [-0.2, 0) is 23.1 Å². The molecular weight excluding hydrogens is 336 g/mol. The summed E-state index contributed by atoms with van der Waals surface area (Å²) in [6.45, 7) is 4.40. The molecule has 0 fully saturated rings.